The van der Waals surface area contributed by atoms with Gasteiger partial charge in [0.2, 0.25) is 5.91 Å². The van der Waals surface area contributed by atoms with E-state index in [0.717, 1.165) is 16.9 Å². The average Bonchev–Trinajstić information content (AvgIpc) is 2.84. The first-order valence-corrected chi connectivity index (χ1v) is 11.0. The zero-order valence-corrected chi connectivity index (χ0v) is 18.5. The van der Waals surface area contributed by atoms with Gasteiger partial charge in [-0.3, -0.25) is 19.7 Å². The molecule has 0 fully saturated rings. The summed E-state index contributed by atoms with van der Waals surface area (Å²) in [6, 6.07) is 22.3. The van der Waals surface area contributed by atoms with Crippen LogP contribution in [0.25, 0.3) is 0 Å². The Labute approximate surface area is 192 Å². The summed E-state index contributed by atoms with van der Waals surface area (Å²) in [5, 5.41) is 11.0. The molecular weight excluding hydrogens is 418 g/mol. The van der Waals surface area contributed by atoms with Crippen molar-refractivity contribution in [3.63, 3.8) is 0 Å². The standard InChI is InChI=1S/C26H25N3O4/c1-3-25(30)27-18(2)17-24(22-11-7-8-12-23(22)27)28(20-9-5-4-6-10-20)26(31)19-13-15-21(16-14-19)29(32)33/h4-16,18,24H,3,17H2,1-2H3/t18-,24-/m0/s1. The molecule has 0 saturated heterocycles. The van der Waals surface area contributed by atoms with Gasteiger partial charge >= 0.3 is 0 Å². The monoisotopic (exact) mass is 443 g/mol. The van der Waals surface area contributed by atoms with Gasteiger partial charge in [0, 0.05) is 41.5 Å². The molecule has 2 amide bonds. The van der Waals surface area contributed by atoms with Gasteiger partial charge in [0.15, 0.2) is 0 Å². The number of anilines is 2. The fourth-order valence-corrected chi connectivity index (χ4v) is 4.47. The van der Waals surface area contributed by atoms with Gasteiger partial charge in [0.25, 0.3) is 11.6 Å². The maximum absolute atomic E-state index is 13.8. The van der Waals surface area contributed by atoms with E-state index in [4.69, 9.17) is 0 Å². The summed E-state index contributed by atoms with van der Waals surface area (Å²) in [6.45, 7) is 3.84. The second kappa shape index (κ2) is 9.24. The van der Waals surface area contributed by atoms with Crippen molar-refractivity contribution < 1.29 is 14.5 Å². The highest BCUT2D eigenvalue weighted by molar-refractivity contribution is 6.07. The molecule has 0 radical (unpaired) electrons. The van der Waals surface area contributed by atoms with Crippen molar-refractivity contribution >= 4 is 28.9 Å². The number of para-hydroxylation sites is 2. The Bertz CT molecular complexity index is 1180. The molecule has 1 aliphatic heterocycles. The molecule has 0 bridgehead atoms. The van der Waals surface area contributed by atoms with Gasteiger partial charge in [0.05, 0.1) is 11.0 Å². The van der Waals surface area contributed by atoms with Gasteiger partial charge in [-0.25, -0.2) is 0 Å². The Morgan fingerprint density at radius 3 is 2.27 bits per heavy atom. The zero-order valence-electron chi connectivity index (χ0n) is 18.5. The third-order valence-electron chi connectivity index (χ3n) is 6.02. The summed E-state index contributed by atoms with van der Waals surface area (Å²) in [5.74, 6) is -0.209. The lowest BCUT2D eigenvalue weighted by Gasteiger charge is -2.43. The van der Waals surface area contributed by atoms with Crippen LogP contribution in [0.1, 0.15) is 48.7 Å². The minimum atomic E-state index is -0.485. The smallest absolute Gasteiger partial charge is 0.269 e. The second-order valence-corrected chi connectivity index (χ2v) is 8.09. The number of rotatable bonds is 5. The van der Waals surface area contributed by atoms with Crippen molar-refractivity contribution in [2.45, 2.75) is 38.8 Å². The Morgan fingerprint density at radius 2 is 1.64 bits per heavy atom. The molecule has 7 heteroatoms. The number of nitrogens with zero attached hydrogens (tertiary/aromatic N) is 3. The van der Waals surface area contributed by atoms with Gasteiger partial charge in [0.1, 0.15) is 0 Å². The summed E-state index contributed by atoms with van der Waals surface area (Å²) >= 11 is 0. The molecule has 0 aliphatic carbocycles. The lowest BCUT2D eigenvalue weighted by Crippen LogP contribution is -2.47. The average molecular weight is 444 g/mol. The molecule has 3 aromatic rings. The predicted octanol–water partition coefficient (Wildman–Crippen LogP) is 5.52. The molecule has 0 N–H and O–H groups in total. The number of hydrogen-bond acceptors (Lipinski definition) is 4. The quantitative estimate of drug-likeness (QED) is 0.384. The largest absolute Gasteiger partial charge is 0.309 e. The topological polar surface area (TPSA) is 83.8 Å². The van der Waals surface area contributed by atoms with Crippen LogP contribution in [0.15, 0.2) is 78.9 Å². The number of nitro groups is 1. The SMILES string of the molecule is CCC(=O)N1c2ccccc2[C@@H](N(C(=O)c2ccc([N+](=O)[O-])cc2)c2ccccc2)C[C@@H]1C. The summed E-state index contributed by atoms with van der Waals surface area (Å²) in [6.07, 6.45) is 0.962. The van der Waals surface area contributed by atoms with Gasteiger partial charge in [-0.15, -0.1) is 0 Å². The van der Waals surface area contributed by atoms with Crippen LogP contribution in [0, 0.1) is 10.1 Å². The van der Waals surface area contributed by atoms with Crippen LogP contribution in [-0.4, -0.2) is 22.8 Å². The van der Waals surface area contributed by atoms with Crippen LogP contribution < -0.4 is 9.80 Å². The summed E-state index contributed by atoms with van der Waals surface area (Å²) in [4.78, 5) is 40.6. The number of carbonyl (C=O) groups excluding carboxylic acids is 2. The Kier molecular flexibility index (Phi) is 6.22. The molecule has 7 nitrogen and oxygen atoms in total. The van der Waals surface area contributed by atoms with Gasteiger partial charge < -0.3 is 9.80 Å². The molecule has 0 saturated carbocycles. The Hall–Kier alpha value is -4.00. The van der Waals surface area contributed by atoms with E-state index >= 15 is 0 Å². The highest BCUT2D eigenvalue weighted by Crippen LogP contribution is 2.43. The van der Waals surface area contributed by atoms with Crippen molar-refractivity contribution in [1.82, 2.24) is 0 Å². The molecule has 0 aromatic heterocycles. The van der Waals surface area contributed by atoms with Gasteiger partial charge in [-0.1, -0.05) is 43.3 Å². The molecule has 0 spiro atoms. The molecule has 4 rings (SSSR count). The Balaban J connectivity index is 1.82. The van der Waals surface area contributed by atoms with Crippen LogP contribution in [0.2, 0.25) is 0 Å². The lowest BCUT2D eigenvalue weighted by atomic mass is 9.89. The summed E-state index contributed by atoms with van der Waals surface area (Å²) in [5.41, 5.74) is 2.73. The third-order valence-corrected chi connectivity index (χ3v) is 6.02. The number of fused-ring (bicyclic) bond motifs is 1. The van der Waals surface area contributed by atoms with E-state index in [1.54, 1.807) is 4.90 Å². The molecule has 2 atom stereocenters. The highest BCUT2D eigenvalue weighted by Gasteiger charge is 2.38. The van der Waals surface area contributed by atoms with Crippen LogP contribution in [0.5, 0.6) is 0 Å². The van der Waals surface area contributed by atoms with Gasteiger partial charge in [-0.05, 0) is 49.2 Å². The molecule has 3 aromatic carbocycles. The van der Waals surface area contributed by atoms with Crippen LogP contribution in [0.4, 0.5) is 17.1 Å². The maximum atomic E-state index is 13.8. The number of nitro benzene ring substituents is 1. The normalized spacial score (nSPS) is 17.2. The molecule has 33 heavy (non-hydrogen) atoms. The first-order chi connectivity index (χ1) is 15.9. The molecule has 1 heterocycles. The second-order valence-electron chi connectivity index (χ2n) is 8.09. The minimum absolute atomic E-state index is 0.0429. The first kappa shape index (κ1) is 22.2. The van der Waals surface area contributed by atoms with E-state index in [1.165, 1.54) is 24.3 Å². The molecule has 1 aliphatic rings. The van der Waals surface area contributed by atoms with E-state index in [1.807, 2.05) is 73.3 Å². The zero-order chi connectivity index (χ0) is 23.5. The highest BCUT2D eigenvalue weighted by atomic mass is 16.6. The van der Waals surface area contributed by atoms with Crippen LogP contribution in [-0.2, 0) is 4.79 Å². The summed E-state index contributed by atoms with van der Waals surface area (Å²) in [7, 11) is 0. The van der Waals surface area contributed by atoms with E-state index < -0.39 is 4.92 Å². The lowest BCUT2D eigenvalue weighted by molar-refractivity contribution is -0.384. The fourth-order valence-electron chi connectivity index (χ4n) is 4.47. The molecular formula is C26H25N3O4. The van der Waals surface area contributed by atoms with Crippen molar-refractivity contribution in [2.24, 2.45) is 0 Å². The van der Waals surface area contributed by atoms with E-state index in [-0.39, 0.29) is 29.6 Å². The van der Waals surface area contributed by atoms with Crippen molar-refractivity contribution in [1.29, 1.82) is 0 Å². The molecule has 168 valence electrons. The minimum Gasteiger partial charge on any atom is -0.309 e. The van der Waals surface area contributed by atoms with Crippen LogP contribution >= 0.6 is 0 Å². The van der Waals surface area contributed by atoms with E-state index in [9.17, 15) is 19.7 Å². The van der Waals surface area contributed by atoms with Crippen molar-refractivity contribution in [3.8, 4) is 0 Å². The number of amides is 2. The maximum Gasteiger partial charge on any atom is 0.269 e. The van der Waals surface area contributed by atoms with E-state index in [2.05, 4.69) is 0 Å². The third kappa shape index (κ3) is 4.22. The summed E-state index contributed by atoms with van der Waals surface area (Å²) < 4.78 is 0. The van der Waals surface area contributed by atoms with Crippen molar-refractivity contribution in [3.05, 3.63) is 100 Å². The number of benzene rings is 3. The fraction of sp³-hybridized carbons (Fsp3) is 0.231. The Morgan fingerprint density at radius 1 is 1.00 bits per heavy atom. The number of non-ortho nitro benzene ring substituents is 1. The number of hydrogen-bond donors (Lipinski definition) is 0. The number of carbonyl (C=O) groups is 2. The van der Waals surface area contributed by atoms with Gasteiger partial charge in [-0.2, -0.15) is 0 Å². The first-order valence-electron chi connectivity index (χ1n) is 11.0. The van der Waals surface area contributed by atoms with Crippen LogP contribution in [0.3, 0.4) is 0 Å². The van der Waals surface area contributed by atoms with Crippen molar-refractivity contribution in [2.75, 3.05) is 9.80 Å². The molecule has 0 unspecified atom stereocenters. The predicted molar refractivity (Wildman–Crippen MR) is 127 cm³/mol. The van der Waals surface area contributed by atoms with E-state index in [0.29, 0.717) is 18.4 Å².